The topological polar surface area (TPSA) is 23.3 Å². The predicted octanol–water partition coefficient (Wildman–Crippen LogP) is 3.51. The second kappa shape index (κ2) is 7.16. The third kappa shape index (κ3) is 4.73. The monoisotopic (exact) mass is 206 g/mol. The number of benzene rings is 1. The zero-order valence-corrected chi connectivity index (χ0v) is 9.70. The Morgan fingerprint density at radius 2 is 1.80 bits per heavy atom. The molecule has 0 aliphatic carbocycles. The van der Waals surface area contributed by atoms with E-state index in [0.29, 0.717) is 0 Å². The summed E-state index contributed by atoms with van der Waals surface area (Å²) in [7, 11) is 1.79. The summed E-state index contributed by atoms with van der Waals surface area (Å²) >= 11 is 0. The lowest BCUT2D eigenvalue weighted by Gasteiger charge is -2.06. The van der Waals surface area contributed by atoms with Crippen LogP contribution < -0.4 is 10.1 Å². The maximum Gasteiger partial charge on any atom is 0.119 e. The van der Waals surface area contributed by atoms with E-state index in [9.17, 15) is 0 Å². The van der Waals surface area contributed by atoms with Gasteiger partial charge in [0, 0.05) is 7.05 Å². The fourth-order valence-electron chi connectivity index (χ4n) is 1.41. The minimum atomic E-state index is 0.822. The van der Waals surface area contributed by atoms with E-state index in [0.717, 1.165) is 24.5 Å². The molecule has 0 bridgehead atoms. The van der Waals surface area contributed by atoms with Gasteiger partial charge in [-0.15, -0.1) is 0 Å². The molecule has 0 aliphatic heterocycles. The van der Waals surface area contributed by atoms with Crippen LogP contribution in [0.25, 0.3) is 0 Å². The van der Waals surface area contributed by atoms with Gasteiger partial charge in [-0.25, -0.2) is 0 Å². The van der Waals surface area contributed by atoms with Gasteiger partial charge in [-0.2, -0.15) is 0 Å². The van der Waals surface area contributed by atoms with Crippen LogP contribution in [0.5, 0.6) is 5.75 Å². The van der Waals surface area contributed by atoms with E-state index in [1.54, 1.807) is 7.05 Å². The molecule has 2 heteroatoms. The molecule has 2 nitrogen and oxygen atoms in total. The molecule has 83 valence electrons. The van der Waals surface area contributed by atoms with Gasteiger partial charge in [-0.05, 0) is 30.7 Å². The highest BCUT2D eigenvalue weighted by Gasteiger charge is 1.94. The molecule has 0 heterocycles. The highest BCUT2D eigenvalue weighted by atomic mass is 16.5. The summed E-state index contributed by atoms with van der Waals surface area (Å²) in [4.78, 5) is 0. The number of unbranched alkanes of at least 4 members (excludes halogenated alkanes) is 3. The molecule has 0 spiro atoms. The van der Waals surface area contributed by atoms with Gasteiger partial charge < -0.3 is 4.74 Å². The smallest absolute Gasteiger partial charge is 0.119 e. The summed E-state index contributed by atoms with van der Waals surface area (Å²) in [6.45, 7) is 3.04. The molecule has 0 atom stereocenters. The SMILES string of the molecule is CCCCCCOc1ccc([N]C)cc1. The van der Waals surface area contributed by atoms with E-state index in [1.807, 2.05) is 24.3 Å². The normalized spacial score (nSPS) is 10.0. The number of hydrogen-bond donors (Lipinski definition) is 0. The lowest BCUT2D eigenvalue weighted by atomic mass is 10.2. The lowest BCUT2D eigenvalue weighted by molar-refractivity contribution is 0.305. The Morgan fingerprint density at radius 1 is 1.07 bits per heavy atom. The van der Waals surface area contributed by atoms with Crippen molar-refractivity contribution in [2.75, 3.05) is 13.7 Å². The highest BCUT2D eigenvalue weighted by Crippen LogP contribution is 2.15. The molecule has 0 saturated carbocycles. The van der Waals surface area contributed by atoms with E-state index < -0.39 is 0 Å². The Morgan fingerprint density at radius 3 is 2.40 bits per heavy atom. The van der Waals surface area contributed by atoms with Gasteiger partial charge in [0.2, 0.25) is 0 Å². The molecule has 0 aromatic heterocycles. The number of hydrogen-bond acceptors (Lipinski definition) is 1. The molecule has 1 rings (SSSR count). The van der Waals surface area contributed by atoms with Crippen molar-refractivity contribution in [3.8, 4) is 5.75 Å². The third-order valence-electron chi connectivity index (χ3n) is 2.36. The van der Waals surface area contributed by atoms with E-state index >= 15 is 0 Å². The van der Waals surface area contributed by atoms with Crippen LogP contribution >= 0.6 is 0 Å². The summed E-state index contributed by atoms with van der Waals surface area (Å²) in [5, 5.41) is 4.08. The largest absolute Gasteiger partial charge is 0.494 e. The Hall–Kier alpha value is -1.18. The predicted molar refractivity (Wildman–Crippen MR) is 63.8 cm³/mol. The average molecular weight is 206 g/mol. The minimum absolute atomic E-state index is 0.822. The van der Waals surface area contributed by atoms with Crippen LogP contribution in [0.2, 0.25) is 0 Å². The van der Waals surface area contributed by atoms with Crippen molar-refractivity contribution in [2.24, 2.45) is 0 Å². The fraction of sp³-hybridized carbons (Fsp3) is 0.538. The second-order valence-corrected chi connectivity index (χ2v) is 3.63. The first-order valence-corrected chi connectivity index (χ1v) is 5.69. The lowest BCUT2D eigenvalue weighted by Crippen LogP contribution is -1.97. The van der Waals surface area contributed by atoms with Gasteiger partial charge in [-0.1, -0.05) is 26.2 Å². The maximum absolute atomic E-state index is 5.61. The zero-order chi connectivity index (χ0) is 10.9. The molecule has 0 amide bonds. The van der Waals surface area contributed by atoms with Crippen molar-refractivity contribution in [1.29, 1.82) is 0 Å². The summed E-state index contributed by atoms with van der Waals surface area (Å²) in [6, 6.07) is 7.90. The highest BCUT2D eigenvalue weighted by molar-refractivity contribution is 5.39. The van der Waals surface area contributed by atoms with Gasteiger partial charge in [-0.3, -0.25) is 5.32 Å². The van der Waals surface area contributed by atoms with Crippen molar-refractivity contribution in [2.45, 2.75) is 32.6 Å². The second-order valence-electron chi connectivity index (χ2n) is 3.63. The van der Waals surface area contributed by atoms with Gasteiger partial charge in [0.15, 0.2) is 0 Å². The van der Waals surface area contributed by atoms with E-state index in [-0.39, 0.29) is 0 Å². The van der Waals surface area contributed by atoms with Crippen molar-refractivity contribution < 1.29 is 4.74 Å². The third-order valence-corrected chi connectivity index (χ3v) is 2.36. The van der Waals surface area contributed by atoms with Gasteiger partial charge in [0.05, 0.1) is 12.3 Å². The van der Waals surface area contributed by atoms with E-state index in [2.05, 4.69) is 12.2 Å². The Labute approximate surface area is 92.6 Å². The van der Waals surface area contributed by atoms with Crippen LogP contribution in [0.3, 0.4) is 0 Å². The van der Waals surface area contributed by atoms with Gasteiger partial charge in [0.25, 0.3) is 0 Å². The van der Waals surface area contributed by atoms with Crippen LogP contribution in [0.4, 0.5) is 5.69 Å². The Balaban J connectivity index is 2.20. The summed E-state index contributed by atoms with van der Waals surface area (Å²) in [6.07, 6.45) is 4.98. The van der Waals surface area contributed by atoms with E-state index in [1.165, 1.54) is 19.3 Å². The maximum atomic E-state index is 5.61. The van der Waals surface area contributed by atoms with E-state index in [4.69, 9.17) is 4.74 Å². The zero-order valence-electron chi connectivity index (χ0n) is 9.70. The number of ether oxygens (including phenoxy) is 1. The van der Waals surface area contributed by atoms with Crippen LogP contribution in [0, 0.1) is 0 Å². The first kappa shape index (κ1) is 11.9. The standard InChI is InChI=1S/C13H20NO/c1-3-4-5-6-11-15-13-9-7-12(14-2)8-10-13/h7-10H,3-6,11H2,1-2H3. The molecule has 0 fully saturated rings. The molecular weight excluding hydrogens is 186 g/mol. The molecule has 0 saturated heterocycles. The van der Waals surface area contributed by atoms with Crippen molar-refractivity contribution in [3.05, 3.63) is 24.3 Å². The molecular formula is C13H20NO. The van der Waals surface area contributed by atoms with Crippen LogP contribution in [-0.2, 0) is 0 Å². The van der Waals surface area contributed by atoms with Gasteiger partial charge >= 0.3 is 0 Å². The Bertz CT molecular complexity index is 256. The average Bonchev–Trinajstić information content (AvgIpc) is 2.30. The first-order chi connectivity index (χ1) is 7.36. The molecule has 15 heavy (non-hydrogen) atoms. The van der Waals surface area contributed by atoms with Crippen LogP contribution in [-0.4, -0.2) is 13.7 Å². The molecule has 1 aromatic rings. The Kier molecular flexibility index (Phi) is 5.67. The summed E-state index contributed by atoms with van der Waals surface area (Å²) < 4.78 is 5.61. The summed E-state index contributed by atoms with van der Waals surface area (Å²) in [5.74, 6) is 0.943. The number of rotatable bonds is 7. The molecule has 1 aromatic carbocycles. The molecule has 1 radical (unpaired) electrons. The molecule has 0 unspecified atom stereocenters. The van der Waals surface area contributed by atoms with Crippen LogP contribution in [0.15, 0.2) is 24.3 Å². The van der Waals surface area contributed by atoms with Crippen molar-refractivity contribution >= 4 is 5.69 Å². The van der Waals surface area contributed by atoms with Crippen molar-refractivity contribution in [3.63, 3.8) is 0 Å². The van der Waals surface area contributed by atoms with Crippen molar-refractivity contribution in [1.82, 2.24) is 5.32 Å². The van der Waals surface area contributed by atoms with Crippen LogP contribution in [0.1, 0.15) is 32.6 Å². The fourth-order valence-corrected chi connectivity index (χ4v) is 1.41. The van der Waals surface area contributed by atoms with Gasteiger partial charge in [0.1, 0.15) is 5.75 Å². The molecule has 0 N–H and O–H groups in total. The minimum Gasteiger partial charge on any atom is -0.494 e. The molecule has 0 aliphatic rings. The quantitative estimate of drug-likeness (QED) is 0.626. The number of nitrogens with zero attached hydrogens (tertiary/aromatic N) is 1. The summed E-state index contributed by atoms with van der Waals surface area (Å²) in [5.41, 5.74) is 0.994. The first-order valence-electron chi connectivity index (χ1n) is 5.69.